The lowest BCUT2D eigenvalue weighted by atomic mass is 9.89. The predicted molar refractivity (Wildman–Crippen MR) is 41.8 cm³/mol. The van der Waals surface area contributed by atoms with Crippen LogP contribution in [0, 0.1) is 5.92 Å². The quantitative estimate of drug-likeness (QED) is 0.593. The molecule has 2 N–H and O–H groups in total. The molecule has 2 heteroatoms. The fourth-order valence-electron chi connectivity index (χ4n) is 0.728. The summed E-state index contributed by atoms with van der Waals surface area (Å²) in [6, 6.07) is 0. The van der Waals surface area contributed by atoms with Gasteiger partial charge in [0.2, 0.25) is 0 Å². The molecule has 10 heavy (non-hydrogen) atoms. The lowest BCUT2D eigenvalue weighted by molar-refractivity contribution is 0.0509. The van der Waals surface area contributed by atoms with Crippen molar-refractivity contribution in [2.45, 2.75) is 32.8 Å². The standard InChI is InChI=1S/C8H16O2/c1-4-7(2)8(3,10)5-6-9/h5-7,9-10H,4H2,1-3H3. The molecule has 0 radical (unpaired) electrons. The van der Waals surface area contributed by atoms with Crippen LogP contribution < -0.4 is 0 Å². The third kappa shape index (κ3) is 2.40. The minimum absolute atomic E-state index is 0.177. The average molecular weight is 144 g/mol. The Hall–Kier alpha value is -0.500. The fraction of sp³-hybridized carbons (Fsp3) is 0.750. The first-order chi connectivity index (χ1) is 4.54. The van der Waals surface area contributed by atoms with Gasteiger partial charge in [-0.05, 0) is 18.9 Å². The highest BCUT2D eigenvalue weighted by molar-refractivity contribution is 4.96. The van der Waals surface area contributed by atoms with E-state index < -0.39 is 5.60 Å². The zero-order chi connectivity index (χ0) is 8.20. The van der Waals surface area contributed by atoms with Gasteiger partial charge >= 0.3 is 0 Å². The lowest BCUT2D eigenvalue weighted by Crippen LogP contribution is -2.29. The molecule has 0 fully saturated rings. The summed E-state index contributed by atoms with van der Waals surface area (Å²) < 4.78 is 0. The van der Waals surface area contributed by atoms with Crippen molar-refractivity contribution in [3.8, 4) is 0 Å². The molecule has 0 aromatic heterocycles. The summed E-state index contributed by atoms with van der Waals surface area (Å²) in [4.78, 5) is 0. The van der Waals surface area contributed by atoms with Gasteiger partial charge in [0.1, 0.15) is 0 Å². The monoisotopic (exact) mass is 144 g/mol. The highest BCUT2D eigenvalue weighted by Crippen LogP contribution is 2.20. The summed E-state index contributed by atoms with van der Waals surface area (Å²) in [5.74, 6) is 0.177. The molecule has 0 aromatic rings. The van der Waals surface area contributed by atoms with Gasteiger partial charge < -0.3 is 10.2 Å². The third-order valence-electron chi connectivity index (χ3n) is 2.02. The first-order valence-electron chi connectivity index (χ1n) is 3.59. The molecule has 0 saturated carbocycles. The van der Waals surface area contributed by atoms with Gasteiger partial charge in [-0.15, -0.1) is 0 Å². The SMILES string of the molecule is CCC(C)C(C)(O)C=CO. The van der Waals surface area contributed by atoms with Crippen LogP contribution >= 0.6 is 0 Å². The number of aliphatic hydroxyl groups excluding tert-OH is 1. The first-order valence-corrected chi connectivity index (χ1v) is 3.59. The van der Waals surface area contributed by atoms with Crippen molar-refractivity contribution in [2.75, 3.05) is 0 Å². The van der Waals surface area contributed by atoms with Crippen molar-refractivity contribution in [3.63, 3.8) is 0 Å². The van der Waals surface area contributed by atoms with E-state index in [1.807, 2.05) is 13.8 Å². The van der Waals surface area contributed by atoms with Crippen LogP contribution in [0.5, 0.6) is 0 Å². The van der Waals surface area contributed by atoms with E-state index in [4.69, 9.17) is 5.11 Å². The van der Waals surface area contributed by atoms with E-state index in [1.165, 1.54) is 6.08 Å². The lowest BCUT2D eigenvalue weighted by Gasteiger charge is -2.25. The summed E-state index contributed by atoms with van der Waals surface area (Å²) in [6.45, 7) is 5.64. The van der Waals surface area contributed by atoms with Crippen LogP contribution in [0.1, 0.15) is 27.2 Å². The van der Waals surface area contributed by atoms with Crippen molar-refractivity contribution in [1.82, 2.24) is 0 Å². The molecule has 0 aromatic carbocycles. The zero-order valence-corrected chi connectivity index (χ0v) is 6.83. The van der Waals surface area contributed by atoms with E-state index in [0.29, 0.717) is 0 Å². The Kier molecular flexibility index (Phi) is 3.43. The summed E-state index contributed by atoms with van der Waals surface area (Å²) in [7, 11) is 0. The van der Waals surface area contributed by atoms with Crippen LogP contribution in [0.25, 0.3) is 0 Å². The maximum Gasteiger partial charge on any atom is 0.0857 e. The Balaban J connectivity index is 4.09. The molecule has 0 aliphatic heterocycles. The van der Waals surface area contributed by atoms with Crippen molar-refractivity contribution in [2.24, 2.45) is 5.92 Å². The van der Waals surface area contributed by atoms with Gasteiger partial charge in [0.15, 0.2) is 0 Å². The normalized spacial score (nSPS) is 20.8. The molecule has 0 aliphatic rings. The topological polar surface area (TPSA) is 40.5 Å². The van der Waals surface area contributed by atoms with Gasteiger partial charge in [-0.2, -0.15) is 0 Å². The molecule has 0 rings (SSSR count). The van der Waals surface area contributed by atoms with Crippen molar-refractivity contribution in [1.29, 1.82) is 0 Å². The third-order valence-corrected chi connectivity index (χ3v) is 2.02. The minimum Gasteiger partial charge on any atom is -0.516 e. The largest absolute Gasteiger partial charge is 0.516 e. The molecule has 0 bridgehead atoms. The van der Waals surface area contributed by atoms with Crippen LogP contribution in [0.2, 0.25) is 0 Å². The van der Waals surface area contributed by atoms with E-state index in [-0.39, 0.29) is 5.92 Å². The van der Waals surface area contributed by atoms with Crippen LogP contribution in [-0.4, -0.2) is 15.8 Å². The Morgan fingerprint density at radius 3 is 2.40 bits per heavy atom. The molecule has 2 unspecified atom stereocenters. The van der Waals surface area contributed by atoms with E-state index in [0.717, 1.165) is 12.7 Å². The molecule has 60 valence electrons. The van der Waals surface area contributed by atoms with Gasteiger partial charge in [0.05, 0.1) is 11.9 Å². The van der Waals surface area contributed by atoms with Crippen LogP contribution in [0.3, 0.4) is 0 Å². The molecule has 0 heterocycles. The van der Waals surface area contributed by atoms with Gasteiger partial charge in [0, 0.05) is 0 Å². The molecule has 0 amide bonds. The number of aliphatic hydroxyl groups is 2. The smallest absolute Gasteiger partial charge is 0.0857 e. The van der Waals surface area contributed by atoms with Crippen LogP contribution in [-0.2, 0) is 0 Å². The Labute approximate surface area is 62.2 Å². The summed E-state index contributed by atoms with van der Waals surface area (Å²) in [5, 5.41) is 17.9. The summed E-state index contributed by atoms with van der Waals surface area (Å²) in [5.41, 5.74) is -0.872. The van der Waals surface area contributed by atoms with Crippen molar-refractivity contribution in [3.05, 3.63) is 12.3 Å². The van der Waals surface area contributed by atoms with Gasteiger partial charge in [0.25, 0.3) is 0 Å². The highest BCUT2D eigenvalue weighted by atomic mass is 16.3. The fourth-order valence-corrected chi connectivity index (χ4v) is 0.728. The van der Waals surface area contributed by atoms with E-state index >= 15 is 0 Å². The number of hydrogen-bond acceptors (Lipinski definition) is 2. The first kappa shape index (κ1) is 9.50. The second-order valence-corrected chi connectivity index (χ2v) is 2.85. The highest BCUT2D eigenvalue weighted by Gasteiger charge is 2.23. The maximum atomic E-state index is 9.54. The summed E-state index contributed by atoms with van der Waals surface area (Å²) >= 11 is 0. The second-order valence-electron chi connectivity index (χ2n) is 2.85. The van der Waals surface area contributed by atoms with E-state index in [9.17, 15) is 5.11 Å². The van der Waals surface area contributed by atoms with Crippen molar-refractivity contribution >= 4 is 0 Å². The predicted octanol–water partition coefficient (Wildman–Crippen LogP) is 1.86. The van der Waals surface area contributed by atoms with Gasteiger partial charge in [-0.1, -0.05) is 20.3 Å². The number of hydrogen-bond donors (Lipinski definition) is 2. The minimum atomic E-state index is -0.872. The van der Waals surface area contributed by atoms with Crippen LogP contribution in [0.4, 0.5) is 0 Å². The molecule has 0 aliphatic carbocycles. The van der Waals surface area contributed by atoms with E-state index in [2.05, 4.69) is 0 Å². The molecule has 2 atom stereocenters. The Morgan fingerprint density at radius 2 is 2.10 bits per heavy atom. The molecule has 0 saturated heterocycles. The molecule has 2 nitrogen and oxygen atoms in total. The average Bonchev–Trinajstić information content (AvgIpc) is 1.86. The molecular formula is C8H16O2. The van der Waals surface area contributed by atoms with E-state index in [1.54, 1.807) is 6.92 Å². The van der Waals surface area contributed by atoms with Crippen molar-refractivity contribution < 1.29 is 10.2 Å². The zero-order valence-electron chi connectivity index (χ0n) is 6.83. The summed E-state index contributed by atoms with van der Waals surface area (Å²) in [6.07, 6.45) is 3.20. The van der Waals surface area contributed by atoms with Crippen LogP contribution in [0.15, 0.2) is 12.3 Å². The molecular weight excluding hydrogens is 128 g/mol. The molecule has 0 spiro atoms. The Bertz CT molecular complexity index is 116. The van der Waals surface area contributed by atoms with Gasteiger partial charge in [-0.25, -0.2) is 0 Å². The Morgan fingerprint density at radius 1 is 1.60 bits per heavy atom. The maximum absolute atomic E-state index is 9.54. The van der Waals surface area contributed by atoms with Gasteiger partial charge in [-0.3, -0.25) is 0 Å². The second kappa shape index (κ2) is 3.62. The number of rotatable bonds is 3.